The second-order valence-corrected chi connectivity index (χ2v) is 3.38. The molecule has 9 nitrogen and oxygen atoms in total. The number of nitrogens with one attached hydrogen (secondary N) is 2. The molecule has 0 bridgehead atoms. The van der Waals surface area contributed by atoms with E-state index in [0.717, 1.165) is 0 Å². The molecule has 0 spiro atoms. The van der Waals surface area contributed by atoms with E-state index in [2.05, 4.69) is 25.9 Å². The van der Waals surface area contributed by atoms with E-state index in [1.165, 1.54) is 25.3 Å². The van der Waals surface area contributed by atoms with Crippen LogP contribution in [0.1, 0.15) is 21.0 Å². The van der Waals surface area contributed by atoms with Crippen LogP contribution in [0.3, 0.4) is 0 Å². The van der Waals surface area contributed by atoms with Gasteiger partial charge in [0.1, 0.15) is 5.75 Å². The molecule has 0 saturated heterocycles. The van der Waals surface area contributed by atoms with Crippen LogP contribution in [-0.2, 0) is 0 Å². The predicted molar refractivity (Wildman–Crippen MR) is 62.1 cm³/mol. The van der Waals surface area contributed by atoms with Gasteiger partial charge in [-0.2, -0.15) is 5.21 Å². The first kappa shape index (κ1) is 12.5. The number of nitrogens with zero attached hydrogens (tertiary/aromatic N) is 3. The van der Waals surface area contributed by atoms with Gasteiger partial charge in [0.25, 0.3) is 11.7 Å². The molecule has 1 aromatic carbocycles. The van der Waals surface area contributed by atoms with Gasteiger partial charge in [0, 0.05) is 0 Å². The second-order valence-electron chi connectivity index (χ2n) is 3.38. The summed E-state index contributed by atoms with van der Waals surface area (Å²) in [7, 11) is 1.37. The lowest BCUT2D eigenvalue weighted by atomic mass is 10.1. The maximum atomic E-state index is 11.8. The molecule has 19 heavy (non-hydrogen) atoms. The van der Waals surface area contributed by atoms with Crippen molar-refractivity contribution in [3.8, 4) is 5.75 Å². The molecule has 2 aromatic rings. The van der Waals surface area contributed by atoms with Crippen LogP contribution in [0.15, 0.2) is 18.2 Å². The SMILES string of the molecule is COc1cccc(C(=O)O)c1NC(=O)c1nn[nH]n1. The number of benzene rings is 1. The summed E-state index contributed by atoms with van der Waals surface area (Å²) in [5.74, 6) is -1.87. The van der Waals surface area contributed by atoms with Gasteiger partial charge in [-0.1, -0.05) is 6.07 Å². The Hall–Kier alpha value is -2.97. The van der Waals surface area contributed by atoms with Gasteiger partial charge in [0.15, 0.2) is 0 Å². The lowest BCUT2D eigenvalue weighted by Gasteiger charge is -2.11. The van der Waals surface area contributed by atoms with Crippen molar-refractivity contribution in [2.24, 2.45) is 0 Å². The van der Waals surface area contributed by atoms with E-state index in [0.29, 0.717) is 0 Å². The minimum atomic E-state index is -1.19. The Balaban J connectivity index is 2.38. The van der Waals surface area contributed by atoms with Crippen LogP contribution < -0.4 is 10.1 Å². The van der Waals surface area contributed by atoms with Gasteiger partial charge in [-0.05, 0) is 17.3 Å². The molecular formula is C10H9N5O4. The average molecular weight is 263 g/mol. The number of H-pyrrole nitrogens is 1. The fourth-order valence-corrected chi connectivity index (χ4v) is 1.44. The van der Waals surface area contributed by atoms with Crippen molar-refractivity contribution >= 4 is 17.6 Å². The Labute approximate surface area is 106 Å². The summed E-state index contributed by atoms with van der Waals surface area (Å²) in [6.07, 6.45) is 0. The molecule has 0 radical (unpaired) electrons. The Bertz CT molecular complexity index is 610. The number of anilines is 1. The number of aromatic nitrogens is 4. The minimum Gasteiger partial charge on any atom is -0.495 e. The van der Waals surface area contributed by atoms with Crippen LogP contribution in [0.2, 0.25) is 0 Å². The zero-order valence-corrected chi connectivity index (χ0v) is 9.75. The smallest absolute Gasteiger partial charge is 0.337 e. The van der Waals surface area contributed by atoms with Gasteiger partial charge >= 0.3 is 5.97 Å². The summed E-state index contributed by atoms with van der Waals surface area (Å²) >= 11 is 0. The molecule has 3 N–H and O–H groups in total. The van der Waals surface area contributed by atoms with Gasteiger partial charge in [-0.25, -0.2) is 4.79 Å². The number of hydrogen-bond acceptors (Lipinski definition) is 6. The zero-order valence-electron chi connectivity index (χ0n) is 9.75. The zero-order chi connectivity index (χ0) is 13.8. The van der Waals surface area contributed by atoms with Crippen molar-refractivity contribution in [1.82, 2.24) is 20.6 Å². The van der Waals surface area contributed by atoms with Crippen molar-refractivity contribution < 1.29 is 19.4 Å². The molecule has 9 heteroatoms. The van der Waals surface area contributed by atoms with E-state index in [9.17, 15) is 9.59 Å². The standard InChI is InChI=1S/C10H9N5O4/c1-19-6-4-2-3-5(10(17)18)7(6)11-9(16)8-12-14-15-13-8/h2-4H,1H3,(H,11,16)(H,17,18)(H,12,13,14,15). The lowest BCUT2D eigenvalue weighted by Crippen LogP contribution is -2.17. The van der Waals surface area contributed by atoms with Gasteiger partial charge < -0.3 is 15.2 Å². The molecular weight excluding hydrogens is 254 g/mol. The van der Waals surface area contributed by atoms with Gasteiger partial charge in [0.2, 0.25) is 0 Å². The summed E-state index contributed by atoms with van der Waals surface area (Å²) in [5, 5.41) is 23.8. The first-order valence-corrected chi connectivity index (χ1v) is 5.08. The number of carboxylic acid groups (broad SMARTS) is 1. The maximum Gasteiger partial charge on any atom is 0.337 e. The molecule has 0 atom stereocenters. The minimum absolute atomic E-state index is 0.0345. The Kier molecular flexibility index (Phi) is 3.37. The van der Waals surface area contributed by atoms with E-state index >= 15 is 0 Å². The van der Waals surface area contributed by atoms with Crippen LogP contribution >= 0.6 is 0 Å². The topological polar surface area (TPSA) is 130 Å². The summed E-state index contributed by atoms with van der Waals surface area (Å²) in [6, 6.07) is 4.38. The molecule has 1 heterocycles. The van der Waals surface area contributed by atoms with Crippen LogP contribution in [0, 0.1) is 0 Å². The third kappa shape index (κ3) is 2.49. The maximum absolute atomic E-state index is 11.8. The number of ether oxygens (including phenoxy) is 1. The van der Waals surface area contributed by atoms with Crippen molar-refractivity contribution in [1.29, 1.82) is 0 Å². The number of carbonyl (C=O) groups is 2. The molecule has 0 unspecified atom stereocenters. The van der Waals surface area contributed by atoms with E-state index in [4.69, 9.17) is 9.84 Å². The number of para-hydroxylation sites is 1. The predicted octanol–water partition coefficient (Wildman–Crippen LogP) is 0.159. The summed E-state index contributed by atoms with van der Waals surface area (Å²) in [4.78, 5) is 22.9. The Morgan fingerprint density at radius 1 is 1.42 bits per heavy atom. The number of carbonyl (C=O) groups excluding carboxylic acids is 1. The normalized spacial score (nSPS) is 9.95. The lowest BCUT2D eigenvalue weighted by molar-refractivity contribution is 0.0697. The molecule has 0 aliphatic heterocycles. The van der Waals surface area contributed by atoms with Crippen molar-refractivity contribution in [2.45, 2.75) is 0 Å². The third-order valence-electron chi connectivity index (χ3n) is 2.26. The fraction of sp³-hybridized carbons (Fsp3) is 0.100. The molecule has 0 aliphatic carbocycles. The number of methoxy groups -OCH3 is 1. The number of aromatic amines is 1. The average Bonchev–Trinajstić information content (AvgIpc) is 2.92. The van der Waals surface area contributed by atoms with Crippen LogP contribution in [0.4, 0.5) is 5.69 Å². The highest BCUT2D eigenvalue weighted by Gasteiger charge is 2.19. The third-order valence-corrected chi connectivity index (χ3v) is 2.26. The summed E-state index contributed by atoms with van der Waals surface area (Å²) in [5.41, 5.74) is -0.0662. The van der Waals surface area contributed by atoms with Crippen LogP contribution in [-0.4, -0.2) is 44.7 Å². The van der Waals surface area contributed by atoms with E-state index < -0.39 is 11.9 Å². The van der Waals surface area contributed by atoms with Gasteiger partial charge in [-0.15, -0.1) is 10.2 Å². The second kappa shape index (κ2) is 5.12. The van der Waals surface area contributed by atoms with Gasteiger partial charge in [-0.3, -0.25) is 4.79 Å². The molecule has 1 aromatic heterocycles. The summed E-state index contributed by atoms with van der Waals surface area (Å²) < 4.78 is 5.01. The highest BCUT2D eigenvalue weighted by atomic mass is 16.5. The largest absolute Gasteiger partial charge is 0.495 e. The van der Waals surface area contributed by atoms with E-state index in [-0.39, 0.29) is 22.8 Å². The van der Waals surface area contributed by atoms with Crippen LogP contribution in [0.25, 0.3) is 0 Å². The van der Waals surface area contributed by atoms with Crippen molar-refractivity contribution in [3.05, 3.63) is 29.6 Å². The molecule has 0 aliphatic rings. The first-order valence-electron chi connectivity index (χ1n) is 5.08. The number of tetrazole rings is 1. The number of hydrogen-bond donors (Lipinski definition) is 3. The highest BCUT2D eigenvalue weighted by Crippen LogP contribution is 2.28. The number of carboxylic acids is 1. The molecule has 2 rings (SSSR count). The van der Waals surface area contributed by atoms with Crippen molar-refractivity contribution in [2.75, 3.05) is 12.4 Å². The number of rotatable bonds is 4. The molecule has 1 amide bonds. The fourth-order valence-electron chi connectivity index (χ4n) is 1.44. The molecule has 98 valence electrons. The highest BCUT2D eigenvalue weighted by molar-refractivity contribution is 6.07. The van der Waals surface area contributed by atoms with Gasteiger partial charge in [0.05, 0.1) is 18.4 Å². The quantitative estimate of drug-likeness (QED) is 0.716. The van der Waals surface area contributed by atoms with Crippen LogP contribution in [0.5, 0.6) is 5.75 Å². The first-order chi connectivity index (χ1) is 9.13. The Morgan fingerprint density at radius 3 is 2.79 bits per heavy atom. The summed E-state index contributed by atoms with van der Waals surface area (Å²) in [6.45, 7) is 0. The van der Waals surface area contributed by atoms with E-state index in [1.807, 2.05) is 0 Å². The molecule has 0 saturated carbocycles. The number of aromatic carboxylic acids is 1. The van der Waals surface area contributed by atoms with Crippen molar-refractivity contribution in [3.63, 3.8) is 0 Å². The molecule has 0 fully saturated rings. The Morgan fingerprint density at radius 2 is 2.21 bits per heavy atom. The number of amides is 1. The monoisotopic (exact) mass is 263 g/mol. The van der Waals surface area contributed by atoms with E-state index in [1.54, 1.807) is 0 Å².